The van der Waals surface area contributed by atoms with Crippen LogP contribution in [0.3, 0.4) is 0 Å². The summed E-state index contributed by atoms with van der Waals surface area (Å²) in [4.78, 5) is 2.48. The summed E-state index contributed by atoms with van der Waals surface area (Å²) in [6.45, 7) is 2.97. The van der Waals surface area contributed by atoms with Gasteiger partial charge in [-0.2, -0.15) is 0 Å². The van der Waals surface area contributed by atoms with Crippen molar-refractivity contribution in [2.24, 2.45) is 10.9 Å². The van der Waals surface area contributed by atoms with Crippen molar-refractivity contribution in [3.8, 4) is 0 Å². The molecule has 0 aromatic carbocycles. The van der Waals surface area contributed by atoms with Crippen molar-refractivity contribution >= 4 is 5.84 Å². The standard InChI is InChI=1S/C13H25N3O2/c14-13(15-17)7-9-16(11-5-6-11)8-1-3-12-4-2-10-18-12/h11-12,17H,1-10H2,(H2,14,15). The molecule has 5 nitrogen and oxygen atoms in total. The van der Waals surface area contributed by atoms with Crippen LogP contribution in [0.4, 0.5) is 0 Å². The molecule has 2 rings (SSSR count). The molecule has 104 valence electrons. The van der Waals surface area contributed by atoms with E-state index < -0.39 is 0 Å². The number of oxime groups is 1. The van der Waals surface area contributed by atoms with Gasteiger partial charge in [0.2, 0.25) is 0 Å². The summed E-state index contributed by atoms with van der Waals surface area (Å²) < 4.78 is 5.64. The highest BCUT2D eigenvalue weighted by Crippen LogP contribution is 2.27. The minimum absolute atomic E-state index is 0.333. The molecular formula is C13H25N3O2. The number of nitrogens with two attached hydrogens (primary N) is 1. The summed E-state index contributed by atoms with van der Waals surface area (Å²) in [6.07, 6.45) is 8.58. The molecule has 3 N–H and O–H groups in total. The summed E-state index contributed by atoms with van der Waals surface area (Å²) in [5, 5.41) is 11.6. The summed E-state index contributed by atoms with van der Waals surface area (Å²) in [5.74, 6) is 0.333. The van der Waals surface area contributed by atoms with Crippen molar-refractivity contribution in [1.29, 1.82) is 0 Å². The normalized spacial score (nSPS) is 24.9. The smallest absolute Gasteiger partial charge is 0.140 e. The summed E-state index contributed by atoms with van der Waals surface area (Å²) >= 11 is 0. The van der Waals surface area contributed by atoms with Gasteiger partial charge in [-0.25, -0.2) is 0 Å². The molecular weight excluding hydrogens is 230 g/mol. The van der Waals surface area contributed by atoms with Crippen LogP contribution in [0.1, 0.15) is 44.9 Å². The fourth-order valence-corrected chi connectivity index (χ4v) is 2.62. The average Bonchev–Trinajstić information content (AvgIpc) is 3.10. The van der Waals surface area contributed by atoms with Crippen molar-refractivity contribution in [2.45, 2.75) is 57.1 Å². The van der Waals surface area contributed by atoms with Gasteiger partial charge < -0.3 is 15.7 Å². The number of amidine groups is 1. The maximum Gasteiger partial charge on any atom is 0.140 e. The highest BCUT2D eigenvalue weighted by molar-refractivity contribution is 5.79. The summed E-state index contributed by atoms with van der Waals surface area (Å²) in [6, 6.07) is 0.737. The van der Waals surface area contributed by atoms with Crippen LogP contribution >= 0.6 is 0 Å². The Morgan fingerprint density at radius 2 is 2.17 bits per heavy atom. The third-order valence-electron chi connectivity index (χ3n) is 3.84. The highest BCUT2D eigenvalue weighted by Gasteiger charge is 2.28. The average molecular weight is 255 g/mol. The molecule has 0 bridgehead atoms. The first-order valence-corrected chi connectivity index (χ1v) is 7.11. The molecule has 1 heterocycles. The summed E-state index contributed by atoms with van der Waals surface area (Å²) in [7, 11) is 0. The maximum absolute atomic E-state index is 8.55. The van der Waals surface area contributed by atoms with E-state index in [1.54, 1.807) is 0 Å². The lowest BCUT2D eigenvalue weighted by Crippen LogP contribution is -2.31. The zero-order valence-corrected chi connectivity index (χ0v) is 11.1. The largest absolute Gasteiger partial charge is 0.409 e. The van der Waals surface area contributed by atoms with Crippen LogP contribution in [-0.2, 0) is 4.74 Å². The number of nitrogens with zero attached hydrogens (tertiary/aromatic N) is 2. The minimum atomic E-state index is 0.333. The number of rotatable bonds is 8. The lowest BCUT2D eigenvalue weighted by molar-refractivity contribution is 0.0984. The molecule has 2 fully saturated rings. The number of hydrogen-bond donors (Lipinski definition) is 2. The van der Waals surface area contributed by atoms with Crippen LogP contribution < -0.4 is 5.73 Å². The van der Waals surface area contributed by atoms with E-state index >= 15 is 0 Å². The quantitative estimate of drug-likeness (QED) is 0.299. The van der Waals surface area contributed by atoms with Gasteiger partial charge in [-0.1, -0.05) is 5.16 Å². The first-order valence-electron chi connectivity index (χ1n) is 7.11. The van der Waals surface area contributed by atoms with Crippen molar-refractivity contribution in [2.75, 3.05) is 19.7 Å². The van der Waals surface area contributed by atoms with Crippen LogP contribution in [0.5, 0.6) is 0 Å². The molecule has 1 atom stereocenters. The lowest BCUT2D eigenvalue weighted by Gasteiger charge is -2.22. The predicted molar refractivity (Wildman–Crippen MR) is 70.8 cm³/mol. The zero-order valence-electron chi connectivity index (χ0n) is 11.1. The Kier molecular flexibility index (Phi) is 5.26. The Bertz CT molecular complexity index is 273. The van der Waals surface area contributed by atoms with E-state index in [4.69, 9.17) is 15.7 Å². The van der Waals surface area contributed by atoms with Crippen molar-refractivity contribution in [3.05, 3.63) is 0 Å². The van der Waals surface area contributed by atoms with Gasteiger partial charge in [0.25, 0.3) is 0 Å². The van der Waals surface area contributed by atoms with Crippen LogP contribution in [0.2, 0.25) is 0 Å². The van der Waals surface area contributed by atoms with E-state index in [2.05, 4.69) is 10.1 Å². The third kappa shape index (κ3) is 4.46. The van der Waals surface area contributed by atoms with Gasteiger partial charge in [0.1, 0.15) is 5.84 Å². The van der Waals surface area contributed by atoms with E-state index in [-0.39, 0.29) is 0 Å². The van der Waals surface area contributed by atoms with Gasteiger partial charge in [-0.3, -0.25) is 4.90 Å². The molecule has 0 aromatic rings. The summed E-state index contributed by atoms with van der Waals surface area (Å²) in [5.41, 5.74) is 5.52. The molecule has 1 aliphatic heterocycles. The van der Waals surface area contributed by atoms with Crippen molar-refractivity contribution < 1.29 is 9.94 Å². The first-order chi connectivity index (χ1) is 8.79. The second-order valence-electron chi connectivity index (χ2n) is 5.39. The molecule has 0 radical (unpaired) electrons. The van der Waals surface area contributed by atoms with Crippen molar-refractivity contribution in [3.63, 3.8) is 0 Å². The zero-order chi connectivity index (χ0) is 12.8. The topological polar surface area (TPSA) is 71.1 Å². The van der Waals surface area contributed by atoms with Crippen LogP contribution in [0, 0.1) is 0 Å². The van der Waals surface area contributed by atoms with Gasteiger partial charge in [-0.05, 0) is 45.1 Å². The van der Waals surface area contributed by atoms with Gasteiger partial charge in [0, 0.05) is 25.6 Å². The SMILES string of the molecule is NC(CCN(CCCC1CCCO1)C1CC1)=NO. The van der Waals surface area contributed by atoms with Gasteiger partial charge in [0.15, 0.2) is 0 Å². The molecule has 1 saturated carbocycles. The predicted octanol–water partition coefficient (Wildman–Crippen LogP) is 1.55. The lowest BCUT2D eigenvalue weighted by atomic mass is 10.1. The van der Waals surface area contributed by atoms with Gasteiger partial charge >= 0.3 is 0 Å². The third-order valence-corrected chi connectivity index (χ3v) is 3.84. The Labute approximate surface area is 109 Å². The highest BCUT2D eigenvalue weighted by atomic mass is 16.5. The Morgan fingerprint density at radius 1 is 1.33 bits per heavy atom. The molecule has 0 aromatic heterocycles. The van der Waals surface area contributed by atoms with Gasteiger partial charge in [0.05, 0.1) is 6.10 Å². The minimum Gasteiger partial charge on any atom is -0.409 e. The van der Waals surface area contributed by atoms with E-state index in [0.29, 0.717) is 18.4 Å². The number of hydrogen-bond acceptors (Lipinski definition) is 4. The molecule has 1 aliphatic carbocycles. The Hall–Kier alpha value is -0.810. The molecule has 0 amide bonds. The molecule has 18 heavy (non-hydrogen) atoms. The molecule has 0 spiro atoms. The first kappa shape index (κ1) is 13.6. The second-order valence-corrected chi connectivity index (χ2v) is 5.39. The van der Waals surface area contributed by atoms with E-state index in [1.165, 1.54) is 38.5 Å². The fourth-order valence-electron chi connectivity index (χ4n) is 2.62. The Balaban J connectivity index is 1.62. The second kappa shape index (κ2) is 6.95. The van der Waals surface area contributed by atoms with Crippen LogP contribution in [0.25, 0.3) is 0 Å². The number of ether oxygens (including phenoxy) is 1. The Morgan fingerprint density at radius 3 is 2.78 bits per heavy atom. The van der Waals surface area contributed by atoms with E-state index in [9.17, 15) is 0 Å². The molecule has 2 aliphatic rings. The van der Waals surface area contributed by atoms with Gasteiger partial charge in [-0.15, -0.1) is 0 Å². The molecule has 1 unspecified atom stereocenters. The van der Waals surface area contributed by atoms with Crippen molar-refractivity contribution in [1.82, 2.24) is 4.90 Å². The van der Waals surface area contributed by atoms with E-state index in [0.717, 1.165) is 25.7 Å². The molecule has 1 saturated heterocycles. The van der Waals surface area contributed by atoms with E-state index in [1.807, 2.05) is 0 Å². The maximum atomic E-state index is 8.55. The monoisotopic (exact) mass is 255 g/mol. The fraction of sp³-hybridized carbons (Fsp3) is 0.923. The molecule has 5 heteroatoms. The van der Waals surface area contributed by atoms with Crippen LogP contribution in [0.15, 0.2) is 5.16 Å². The van der Waals surface area contributed by atoms with Crippen LogP contribution in [-0.4, -0.2) is 47.8 Å².